The summed E-state index contributed by atoms with van der Waals surface area (Å²) in [5, 5.41) is 5.95. The van der Waals surface area contributed by atoms with E-state index in [1.165, 1.54) is 32.3 Å². The first-order valence-corrected chi connectivity index (χ1v) is 18.8. The van der Waals surface area contributed by atoms with Crippen molar-refractivity contribution in [1.29, 1.82) is 0 Å². The summed E-state index contributed by atoms with van der Waals surface area (Å²) >= 11 is 0. The molecule has 0 fully saturated rings. The Morgan fingerprint density at radius 2 is 1.58 bits per heavy atom. The second-order valence-electron chi connectivity index (χ2n) is 13.5. The van der Waals surface area contributed by atoms with Crippen LogP contribution >= 0.6 is 7.82 Å². The highest BCUT2D eigenvalue weighted by molar-refractivity contribution is 7.46. The van der Waals surface area contributed by atoms with Gasteiger partial charge in [-0.3, -0.25) is 14.2 Å². The third kappa shape index (κ3) is 13.6. The van der Waals surface area contributed by atoms with E-state index in [1.54, 1.807) is 0 Å². The maximum Gasteiger partial charge on any atom is 0.469 e. The van der Waals surface area contributed by atoms with Crippen LogP contribution in [0.3, 0.4) is 0 Å². The molecule has 0 saturated carbocycles. The number of hydrogen-bond donors (Lipinski definition) is 4. The van der Waals surface area contributed by atoms with E-state index < -0.39 is 38.8 Å². The second kappa shape index (κ2) is 19.4. The van der Waals surface area contributed by atoms with Gasteiger partial charge in [0.15, 0.2) is 0 Å². The number of phosphoric acid groups is 1. The monoisotopic (exact) mass is 741 g/mol. The van der Waals surface area contributed by atoms with Crippen molar-refractivity contribution < 1.29 is 42.7 Å². The number of benzene rings is 2. The van der Waals surface area contributed by atoms with Gasteiger partial charge in [-0.05, 0) is 67.0 Å². The van der Waals surface area contributed by atoms with Crippen LogP contribution in [0.15, 0.2) is 60.8 Å². The van der Waals surface area contributed by atoms with Crippen molar-refractivity contribution in [2.24, 2.45) is 11.8 Å². The van der Waals surface area contributed by atoms with Gasteiger partial charge in [-0.25, -0.2) is 19.1 Å². The maximum absolute atomic E-state index is 13.3. The number of amides is 3. The minimum absolute atomic E-state index is 0.0195. The summed E-state index contributed by atoms with van der Waals surface area (Å²) in [5.74, 6) is -0.0858. The van der Waals surface area contributed by atoms with Crippen molar-refractivity contribution in [2.75, 3.05) is 40.6 Å². The van der Waals surface area contributed by atoms with Crippen molar-refractivity contribution in [1.82, 2.24) is 4.98 Å². The van der Waals surface area contributed by atoms with Gasteiger partial charge in [-0.2, -0.15) is 0 Å². The zero-order chi connectivity index (χ0) is 38.6. The van der Waals surface area contributed by atoms with Gasteiger partial charge >= 0.3 is 25.9 Å². The van der Waals surface area contributed by atoms with Gasteiger partial charge in [-0.15, -0.1) is 0 Å². The SMILES string of the molecule is CC[C@@H](CC(=O)OC(C)OC(=O)N(C)c1ncccc1COP(=O)(O)O)c1ccc(N(CC(C)C)CC(C)C)c(NC(=O)Nc2ccc(C)cc2)c1. The number of rotatable bonds is 17. The number of carbonyl (C=O) groups is 3. The van der Waals surface area contributed by atoms with E-state index >= 15 is 0 Å². The molecule has 0 saturated heterocycles. The minimum atomic E-state index is -4.77. The van der Waals surface area contributed by atoms with Gasteiger partial charge in [0.05, 0.1) is 24.4 Å². The topological polar surface area (TPSA) is 180 Å². The van der Waals surface area contributed by atoms with Crippen LogP contribution in [0.4, 0.5) is 32.5 Å². The van der Waals surface area contributed by atoms with Crippen molar-refractivity contribution >= 4 is 48.8 Å². The van der Waals surface area contributed by atoms with Crippen molar-refractivity contribution in [3.8, 4) is 0 Å². The smallest absolute Gasteiger partial charge is 0.425 e. The zero-order valence-corrected chi connectivity index (χ0v) is 32.1. The molecule has 1 aromatic heterocycles. The quantitative estimate of drug-likeness (QED) is 0.0602. The van der Waals surface area contributed by atoms with Gasteiger partial charge in [0.1, 0.15) is 5.82 Å². The van der Waals surface area contributed by atoms with E-state index in [0.29, 0.717) is 29.6 Å². The van der Waals surface area contributed by atoms with Gasteiger partial charge in [0, 0.05) is 44.5 Å². The molecule has 1 unspecified atom stereocenters. The van der Waals surface area contributed by atoms with Crippen molar-refractivity contribution in [2.45, 2.75) is 80.1 Å². The van der Waals surface area contributed by atoms with Crippen LogP contribution in [0.25, 0.3) is 0 Å². The first-order chi connectivity index (χ1) is 24.4. The summed E-state index contributed by atoms with van der Waals surface area (Å²) in [5.41, 5.74) is 4.27. The number of nitrogens with one attached hydrogen (secondary N) is 2. The molecule has 4 N–H and O–H groups in total. The van der Waals surface area contributed by atoms with E-state index in [2.05, 4.69) is 52.7 Å². The number of pyridine rings is 1. The number of anilines is 4. The highest BCUT2D eigenvalue weighted by Gasteiger charge is 2.25. The molecular formula is C37H52N5O9P. The fraction of sp³-hybridized carbons (Fsp3) is 0.459. The van der Waals surface area contributed by atoms with Crippen molar-refractivity contribution in [3.05, 3.63) is 77.5 Å². The van der Waals surface area contributed by atoms with Crippen LogP contribution in [-0.4, -0.2) is 59.3 Å². The first-order valence-electron chi connectivity index (χ1n) is 17.3. The first kappa shape index (κ1) is 41.9. The number of aromatic nitrogens is 1. The van der Waals surface area contributed by atoms with Crippen LogP contribution in [0, 0.1) is 18.8 Å². The Kier molecular flexibility index (Phi) is 15.6. The lowest BCUT2D eigenvalue weighted by Crippen LogP contribution is -2.33. The Morgan fingerprint density at radius 1 is 0.923 bits per heavy atom. The lowest BCUT2D eigenvalue weighted by molar-refractivity contribution is -0.165. The molecule has 284 valence electrons. The third-order valence-corrected chi connectivity index (χ3v) is 8.34. The average Bonchev–Trinajstić information content (AvgIpc) is 3.06. The Morgan fingerprint density at radius 3 is 2.17 bits per heavy atom. The van der Waals surface area contributed by atoms with Crippen LogP contribution in [0.5, 0.6) is 0 Å². The van der Waals surface area contributed by atoms with Gasteiger partial charge in [-0.1, -0.05) is 64.4 Å². The Labute approximate surface area is 306 Å². The van der Waals surface area contributed by atoms with Gasteiger partial charge in [0.2, 0.25) is 6.29 Å². The Hall–Kier alpha value is -4.49. The fourth-order valence-corrected chi connectivity index (χ4v) is 5.83. The van der Waals surface area contributed by atoms with Crippen LogP contribution in [0.1, 0.15) is 77.0 Å². The lowest BCUT2D eigenvalue weighted by Gasteiger charge is -2.31. The number of esters is 1. The minimum Gasteiger partial charge on any atom is -0.425 e. The molecule has 0 aliphatic heterocycles. The normalized spacial score (nSPS) is 12.6. The largest absolute Gasteiger partial charge is 0.469 e. The number of carbonyl (C=O) groups excluding carboxylic acids is 3. The zero-order valence-electron chi connectivity index (χ0n) is 31.2. The van der Waals surface area contributed by atoms with E-state index in [4.69, 9.17) is 19.3 Å². The summed E-state index contributed by atoms with van der Waals surface area (Å²) < 4.78 is 26.5. The number of urea groups is 1. The molecule has 3 aromatic rings. The van der Waals surface area contributed by atoms with E-state index in [1.807, 2.05) is 56.3 Å². The molecule has 3 rings (SSSR count). The van der Waals surface area contributed by atoms with E-state index in [-0.39, 0.29) is 23.7 Å². The number of ether oxygens (including phenoxy) is 2. The van der Waals surface area contributed by atoms with Crippen LogP contribution < -0.4 is 20.4 Å². The molecule has 0 bridgehead atoms. The number of phosphoric ester groups is 1. The highest BCUT2D eigenvalue weighted by atomic mass is 31.2. The fourth-order valence-electron chi connectivity index (χ4n) is 5.52. The molecule has 0 radical (unpaired) electrons. The molecule has 2 atom stereocenters. The number of hydrogen-bond acceptors (Lipinski definition) is 9. The summed E-state index contributed by atoms with van der Waals surface area (Å²) in [6.07, 6.45) is -0.213. The van der Waals surface area contributed by atoms with E-state index in [9.17, 15) is 18.9 Å². The van der Waals surface area contributed by atoms with Crippen molar-refractivity contribution in [3.63, 3.8) is 0 Å². The summed E-state index contributed by atoms with van der Waals surface area (Å²) in [4.78, 5) is 64.8. The molecular weight excluding hydrogens is 689 g/mol. The molecule has 0 spiro atoms. The standard InChI is InChI=1S/C37H52N5O9P/c1-9-28(20-34(43)50-27(7)51-37(45)41(8)35-30(11-10-18-38-35)23-49-52(46,47)48)29-14-17-33(42(21-24(2)3)22-25(4)5)32(19-29)40-36(44)39-31-15-12-26(6)13-16-31/h10-19,24-25,27-28H,9,20-23H2,1-8H3,(H2,39,40,44)(H2,46,47,48)/t27?,28-/m0/s1. The highest BCUT2D eigenvalue weighted by Crippen LogP contribution is 2.38. The average molecular weight is 742 g/mol. The molecule has 52 heavy (non-hydrogen) atoms. The Bertz CT molecular complexity index is 1690. The lowest BCUT2D eigenvalue weighted by atomic mass is 9.92. The molecule has 0 aliphatic carbocycles. The molecule has 1 heterocycles. The molecule has 2 aromatic carbocycles. The van der Waals surface area contributed by atoms with Crippen LogP contribution in [0.2, 0.25) is 0 Å². The second-order valence-corrected chi connectivity index (χ2v) is 14.7. The Balaban J connectivity index is 1.76. The number of nitrogens with zero attached hydrogens (tertiary/aromatic N) is 3. The maximum atomic E-state index is 13.3. The van der Waals surface area contributed by atoms with E-state index in [0.717, 1.165) is 34.8 Å². The number of aryl methyl sites for hydroxylation is 1. The summed E-state index contributed by atoms with van der Waals surface area (Å²) in [6.45, 7) is 15.0. The predicted octanol–water partition coefficient (Wildman–Crippen LogP) is 7.81. The van der Waals surface area contributed by atoms with Gasteiger partial charge in [0.25, 0.3) is 0 Å². The third-order valence-electron chi connectivity index (χ3n) is 7.88. The summed E-state index contributed by atoms with van der Waals surface area (Å²) in [6, 6.07) is 16.0. The summed E-state index contributed by atoms with van der Waals surface area (Å²) in [7, 11) is -3.41. The molecule has 14 nitrogen and oxygen atoms in total. The molecule has 3 amide bonds. The predicted molar refractivity (Wildman–Crippen MR) is 201 cm³/mol. The molecule has 0 aliphatic rings. The van der Waals surface area contributed by atoms with Crippen LogP contribution in [-0.2, 0) is 30.0 Å². The molecule has 15 heteroatoms. The van der Waals surface area contributed by atoms with Gasteiger partial charge < -0.3 is 34.8 Å².